The van der Waals surface area contributed by atoms with Gasteiger partial charge in [0.05, 0.1) is 5.69 Å². The second kappa shape index (κ2) is 8.40. The van der Waals surface area contributed by atoms with Gasteiger partial charge in [-0.3, -0.25) is 4.79 Å². The Bertz CT molecular complexity index is 486. The first kappa shape index (κ1) is 19.9. The van der Waals surface area contributed by atoms with E-state index in [-0.39, 0.29) is 42.0 Å². The number of carbonyl (C=O) groups excluding carboxylic acids is 1. The number of benzene rings is 1. The summed E-state index contributed by atoms with van der Waals surface area (Å²) in [4.78, 5) is 11.6. The summed E-state index contributed by atoms with van der Waals surface area (Å²) in [6, 6.07) is 1.61. The van der Waals surface area contributed by atoms with Crippen molar-refractivity contribution in [3.8, 4) is 0 Å². The molecule has 21 heavy (non-hydrogen) atoms. The first-order valence-corrected chi connectivity index (χ1v) is 6.47. The van der Waals surface area contributed by atoms with E-state index in [4.69, 9.17) is 0 Å². The molecule has 0 heterocycles. The molecule has 1 rings (SSSR count). The van der Waals surface area contributed by atoms with E-state index in [1.807, 2.05) is 0 Å². The van der Waals surface area contributed by atoms with Crippen LogP contribution in [0.25, 0.3) is 0 Å². The van der Waals surface area contributed by atoms with Gasteiger partial charge in [0.1, 0.15) is 11.6 Å². The van der Waals surface area contributed by atoms with E-state index in [1.165, 1.54) is 0 Å². The number of hydrogen-bond acceptors (Lipinski definition) is 2. The number of rotatable bonds is 5. The van der Waals surface area contributed by atoms with E-state index >= 15 is 0 Å². The molecule has 0 aromatic heterocycles. The number of anilines is 1. The van der Waals surface area contributed by atoms with Gasteiger partial charge in [-0.2, -0.15) is 13.2 Å². The third-order valence-corrected chi connectivity index (χ3v) is 3.06. The van der Waals surface area contributed by atoms with Gasteiger partial charge in [-0.15, -0.1) is 0 Å². The van der Waals surface area contributed by atoms with Crippen LogP contribution in [0.1, 0.15) is 6.42 Å². The predicted octanol–water partition coefficient (Wildman–Crippen LogP) is -0.839. The molecule has 0 fully saturated rings. The van der Waals surface area contributed by atoms with Crippen LogP contribution < -0.4 is 23.5 Å². The van der Waals surface area contributed by atoms with Crippen LogP contribution in [-0.4, -0.2) is 23.2 Å². The molecular weight excluding hydrogens is 339 g/mol. The van der Waals surface area contributed by atoms with Crippen LogP contribution in [0.3, 0.4) is 0 Å². The molecule has 0 radical (unpaired) electrons. The first-order chi connectivity index (χ1) is 9.19. The lowest BCUT2D eigenvalue weighted by Gasteiger charge is -2.11. The summed E-state index contributed by atoms with van der Waals surface area (Å²) in [6.07, 6.45) is -0.112. The zero-order chi connectivity index (χ0) is 15.3. The zero-order valence-electron chi connectivity index (χ0n) is 10.5. The molecule has 10 heteroatoms. The van der Waals surface area contributed by atoms with Crippen LogP contribution in [0.5, 0.6) is 0 Å². The molecule has 4 N–H and O–H groups in total. The van der Waals surface area contributed by atoms with Crippen molar-refractivity contribution in [2.24, 2.45) is 0 Å². The van der Waals surface area contributed by atoms with Crippen LogP contribution in [0.2, 0.25) is 0 Å². The second-order valence-corrected chi connectivity index (χ2v) is 5.05. The normalized spacial score (nSPS) is 12.5. The summed E-state index contributed by atoms with van der Waals surface area (Å²) in [5.41, 5.74) is -1.19. The Balaban J connectivity index is 0.00000400. The number of carbonyl (C=O) groups is 1. The Morgan fingerprint density at radius 1 is 1.33 bits per heavy atom. The van der Waals surface area contributed by atoms with E-state index in [2.05, 4.69) is 11.1 Å². The van der Waals surface area contributed by atoms with Crippen LogP contribution in [-0.2, 0) is 4.79 Å². The molecule has 0 spiro atoms. The largest absolute Gasteiger partial charge is 1.00 e. The van der Waals surface area contributed by atoms with Crippen LogP contribution >= 0.6 is 11.8 Å². The lowest BCUT2D eigenvalue weighted by Crippen LogP contribution is -3.00. The topological polar surface area (TPSA) is 56.7 Å². The fraction of sp³-hybridized carbons (Fsp3) is 0.364. The SMILES string of the molecule is [Cl-].[NH3+][C@@H](CCSC(F)(F)F)C(=O)Nc1ccc(F)cc1F. The number of amides is 1. The number of hydrogen-bond donors (Lipinski definition) is 2. The smallest absolute Gasteiger partial charge is 0.441 e. The van der Waals surface area contributed by atoms with Gasteiger partial charge in [0, 0.05) is 18.2 Å². The fourth-order valence-electron chi connectivity index (χ4n) is 1.27. The molecule has 1 aromatic carbocycles. The van der Waals surface area contributed by atoms with E-state index in [9.17, 15) is 26.7 Å². The Labute approximate surface area is 127 Å². The molecule has 1 aromatic rings. The quantitative estimate of drug-likeness (QED) is 0.681. The molecule has 1 atom stereocenters. The van der Waals surface area contributed by atoms with E-state index < -0.39 is 29.1 Å². The summed E-state index contributed by atoms with van der Waals surface area (Å²) in [6.45, 7) is 0. The summed E-state index contributed by atoms with van der Waals surface area (Å²) < 4.78 is 61.6. The molecule has 3 nitrogen and oxygen atoms in total. The summed E-state index contributed by atoms with van der Waals surface area (Å²) >= 11 is -0.253. The van der Waals surface area contributed by atoms with Gasteiger partial charge in [-0.1, -0.05) is 11.8 Å². The van der Waals surface area contributed by atoms with E-state index in [1.54, 1.807) is 0 Å². The molecule has 0 unspecified atom stereocenters. The van der Waals surface area contributed by atoms with Gasteiger partial charge >= 0.3 is 5.51 Å². The highest BCUT2D eigenvalue weighted by atomic mass is 35.5. The van der Waals surface area contributed by atoms with E-state index in [0.717, 1.165) is 12.1 Å². The Morgan fingerprint density at radius 3 is 2.48 bits per heavy atom. The summed E-state index contributed by atoms with van der Waals surface area (Å²) in [5, 5.41) is 2.15. The lowest BCUT2D eigenvalue weighted by atomic mass is 10.2. The van der Waals surface area contributed by atoms with Gasteiger partial charge < -0.3 is 23.5 Å². The average molecular weight is 351 g/mol. The average Bonchev–Trinajstić information content (AvgIpc) is 2.30. The van der Waals surface area contributed by atoms with Gasteiger partial charge in [-0.25, -0.2) is 8.78 Å². The Morgan fingerprint density at radius 2 is 1.95 bits per heavy atom. The molecular formula is C11H12ClF5N2OS. The van der Waals surface area contributed by atoms with Crippen molar-refractivity contribution in [3.05, 3.63) is 29.8 Å². The number of thioether (sulfide) groups is 1. The molecule has 0 aliphatic carbocycles. The van der Waals surface area contributed by atoms with Gasteiger partial charge in [-0.05, 0) is 12.1 Å². The molecule has 0 aliphatic rings. The lowest BCUT2D eigenvalue weighted by molar-refractivity contribution is -0.402. The van der Waals surface area contributed by atoms with Crippen LogP contribution in [0.4, 0.5) is 27.6 Å². The molecule has 0 aliphatic heterocycles. The van der Waals surface area contributed by atoms with Crippen LogP contribution in [0.15, 0.2) is 18.2 Å². The Hall–Kier alpha value is -1.06. The number of quaternary nitrogens is 1. The summed E-state index contributed by atoms with van der Waals surface area (Å²) in [5.74, 6) is -2.81. The highest BCUT2D eigenvalue weighted by molar-refractivity contribution is 8.00. The number of nitrogens with one attached hydrogen (secondary N) is 1. The van der Waals surface area contributed by atoms with Crippen molar-refractivity contribution in [2.75, 3.05) is 11.1 Å². The zero-order valence-corrected chi connectivity index (χ0v) is 12.1. The maximum Gasteiger partial charge on any atom is 0.441 e. The third-order valence-electron chi connectivity index (χ3n) is 2.29. The fourth-order valence-corrected chi connectivity index (χ4v) is 1.91. The van der Waals surface area contributed by atoms with Gasteiger partial charge in [0.25, 0.3) is 5.91 Å². The third kappa shape index (κ3) is 7.49. The van der Waals surface area contributed by atoms with Crippen molar-refractivity contribution >= 4 is 23.4 Å². The minimum atomic E-state index is -4.36. The van der Waals surface area contributed by atoms with Crippen molar-refractivity contribution in [1.29, 1.82) is 0 Å². The molecule has 0 saturated carbocycles. The van der Waals surface area contributed by atoms with Gasteiger partial charge in [0.2, 0.25) is 0 Å². The minimum Gasteiger partial charge on any atom is -1.00 e. The highest BCUT2D eigenvalue weighted by Gasteiger charge is 2.29. The standard InChI is InChI=1S/C11H11F5N2OS.ClH/c12-6-1-2-9(7(13)5-6)18-10(19)8(17)3-4-20-11(14,15)16;/h1-2,5,8H,3-4,17H2,(H,18,19);1H/t8-;/m0./s1. The number of halogens is 6. The maximum atomic E-state index is 13.3. The monoisotopic (exact) mass is 350 g/mol. The maximum absolute atomic E-state index is 13.3. The summed E-state index contributed by atoms with van der Waals surface area (Å²) in [7, 11) is 0. The molecule has 1 amide bonds. The van der Waals surface area contributed by atoms with Crippen molar-refractivity contribution in [3.63, 3.8) is 0 Å². The molecule has 0 saturated heterocycles. The van der Waals surface area contributed by atoms with Crippen molar-refractivity contribution in [2.45, 2.75) is 18.0 Å². The molecule has 120 valence electrons. The highest BCUT2D eigenvalue weighted by Crippen LogP contribution is 2.30. The first-order valence-electron chi connectivity index (χ1n) is 5.49. The molecule has 0 bridgehead atoms. The van der Waals surface area contributed by atoms with Crippen molar-refractivity contribution < 1.29 is 44.9 Å². The minimum absolute atomic E-state index is 0. The van der Waals surface area contributed by atoms with E-state index in [0.29, 0.717) is 6.07 Å². The van der Waals surface area contributed by atoms with Crippen LogP contribution in [0, 0.1) is 11.6 Å². The second-order valence-electron chi connectivity index (χ2n) is 3.89. The predicted molar refractivity (Wildman–Crippen MR) is 64.8 cm³/mol. The number of alkyl halides is 3. The Kier molecular flexibility index (Phi) is 7.98. The van der Waals surface area contributed by atoms with Gasteiger partial charge in [0.15, 0.2) is 6.04 Å². The van der Waals surface area contributed by atoms with Crippen molar-refractivity contribution in [1.82, 2.24) is 0 Å².